The van der Waals surface area contributed by atoms with Crippen molar-refractivity contribution in [3.63, 3.8) is 0 Å². The summed E-state index contributed by atoms with van der Waals surface area (Å²) in [5.41, 5.74) is 18.2. The van der Waals surface area contributed by atoms with Crippen LogP contribution in [0.15, 0.2) is 53.5 Å². The second-order valence-corrected chi connectivity index (χ2v) is 11.1. The molecule has 0 heterocycles. The Morgan fingerprint density at radius 1 is 1.02 bits per heavy atom. The first-order chi connectivity index (χ1) is 21.1. The summed E-state index contributed by atoms with van der Waals surface area (Å²) in [6.45, 7) is 2.10. The van der Waals surface area contributed by atoms with Crippen LogP contribution in [0.3, 0.4) is 0 Å². The number of guanidine groups is 1. The van der Waals surface area contributed by atoms with Gasteiger partial charge in [-0.2, -0.15) is 0 Å². The zero-order chi connectivity index (χ0) is 32.1. The first-order valence-electron chi connectivity index (χ1n) is 15.1. The number of nitrogen functional groups attached to an aromatic ring is 1. The molecule has 45 heavy (non-hydrogen) atoms. The van der Waals surface area contributed by atoms with Crippen LogP contribution < -0.4 is 27.8 Å². The Morgan fingerprint density at radius 3 is 2.31 bits per heavy atom. The summed E-state index contributed by atoms with van der Waals surface area (Å²) < 4.78 is 19.5. The van der Waals surface area contributed by atoms with Gasteiger partial charge in [-0.25, -0.2) is 9.18 Å². The lowest BCUT2D eigenvalue weighted by Gasteiger charge is -2.32. The van der Waals surface area contributed by atoms with Gasteiger partial charge in [0, 0.05) is 12.1 Å². The second kappa shape index (κ2) is 18.6. The Morgan fingerprint density at radius 2 is 1.71 bits per heavy atom. The van der Waals surface area contributed by atoms with Gasteiger partial charge >= 0.3 is 5.97 Å². The van der Waals surface area contributed by atoms with Gasteiger partial charge in [-0.05, 0) is 68.2 Å². The molecular weight excluding hydrogens is 601 g/mol. The van der Waals surface area contributed by atoms with Gasteiger partial charge in [0.05, 0.1) is 12.5 Å². The first-order valence-corrected chi connectivity index (χ1v) is 15.1. The monoisotopic (exact) mass is 645 g/mol. The van der Waals surface area contributed by atoms with Crippen molar-refractivity contribution in [3.8, 4) is 0 Å². The molecule has 1 aliphatic rings. The third kappa shape index (κ3) is 11.7. The summed E-state index contributed by atoms with van der Waals surface area (Å²) in [5.74, 6) is -3.06. The highest BCUT2D eigenvalue weighted by Crippen LogP contribution is 2.29. The van der Waals surface area contributed by atoms with Gasteiger partial charge in [-0.3, -0.25) is 20.0 Å². The highest BCUT2D eigenvalue weighted by atomic mass is 35.5. The maximum Gasteiger partial charge on any atom is 0.328 e. The van der Waals surface area contributed by atoms with Crippen LogP contribution in [0.25, 0.3) is 0 Å². The standard InChI is InChI=1S/C32H44FN7O4.ClH/c1-2-44-31(43)26(12-7-17-38-32(36)37)39-30(42)27(21-8-4-3-5-9-21)40-29(41)25(23-10-6-11-24(33)19-23)18-20-13-15-22(16-14-20)28(34)35;/h6,10-11,13-16,19,21,25-27H,2-5,7-9,12,17-18H2,1H3,(H3,34,35)(H,39,42)(H,40,41)(H4,36,37,38);1H/t25?,26-,27-;/m0./s1. The lowest BCUT2D eigenvalue weighted by atomic mass is 9.82. The van der Waals surface area contributed by atoms with Crippen molar-refractivity contribution in [2.45, 2.75) is 76.3 Å². The summed E-state index contributed by atoms with van der Waals surface area (Å²) in [4.78, 5) is 44.5. The molecule has 0 radical (unpaired) electrons. The van der Waals surface area contributed by atoms with E-state index in [0.29, 0.717) is 17.5 Å². The fourth-order valence-electron chi connectivity index (χ4n) is 5.52. The summed E-state index contributed by atoms with van der Waals surface area (Å²) in [6, 6.07) is 10.9. The Balaban J connectivity index is 0.00000705. The Hall–Kier alpha value is -4.19. The molecule has 1 aliphatic carbocycles. The number of amides is 2. The number of hydrogen-bond acceptors (Lipinski definition) is 6. The number of hydrogen-bond donors (Lipinski definition) is 6. The Labute approximate surface area is 269 Å². The van der Waals surface area contributed by atoms with Crippen molar-refractivity contribution in [3.05, 3.63) is 71.0 Å². The maximum atomic E-state index is 14.3. The summed E-state index contributed by atoms with van der Waals surface area (Å²) in [5, 5.41) is 13.4. The lowest BCUT2D eigenvalue weighted by Crippen LogP contribution is -2.55. The molecule has 1 saturated carbocycles. The molecule has 2 amide bonds. The lowest BCUT2D eigenvalue weighted by molar-refractivity contribution is -0.148. The minimum atomic E-state index is -0.946. The van der Waals surface area contributed by atoms with E-state index < -0.39 is 41.6 Å². The van der Waals surface area contributed by atoms with Gasteiger partial charge in [-0.15, -0.1) is 12.4 Å². The summed E-state index contributed by atoms with van der Waals surface area (Å²) >= 11 is 0. The van der Waals surface area contributed by atoms with Gasteiger partial charge < -0.3 is 32.6 Å². The fraction of sp³-hybridized carbons (Fsp3) is 0.469. The summed E-state index contributed by atoms with van der Waals surface area (Å²) in [7, 11) is 0. The number of amidine groups is 1. The van der Waals surface area contributed by atoms with Crippen molar-refractivity contribution >= 4 is 42.0 Å². The molecule has 0 aliphatic heterocycles. The van der Waals surface area contributed by atoms with E-state index in [-0.39, 0.29) is 56.1 Å². The topological polar surface area (TPSA) is 199 Å². The van der Waals surface area contributed by atoms with Crippen LogP contribution in [-0.2, 0) is 25.5 Å². The van der Waals surface area contributed by atoms with Crippen LogP contribution in [0, 0.1) is 17.1 Å². The summed E-state index contributed by atoms with van der Waals surface area (Å²) in [6.07, 6.45) is 5.25. The van der Waals surface area contributed by atoms with Crippen LogP contribution in [0.4, 0.5) is 4.39 Å². The second-order valence-electron chi connectivity index (χ2n) is 11.1. The van der Waals surface area contributed by atoms with Crippen molar-refractivity contribution in [2.75, 3.05) is 13.2 Å². The molecule has 0 aromatic heterocycles. The first kappa shape index (κ1) is 37.0. The zero-order valence-electron chi connectivity index (χ0n) is 25.6. The van der Waals surface area contributed by atoms with Crippen LogP contribution in [0.2, 0.25) is 0 Å². The normalized spacial score (nSPS) is 15.0. The van der Waals surface area contributed by atoms with Crippen molar-refractivity contribution in [1.82, 2.24) is 10.6 Å². The molecule has 1 fully saturated rings. The molecule has 2 aromatic rings. The SMILES string of the molecule is CCOC(=O)[C@H](CCCN=C(N)N)NC(=O)[C@@H](NC(=O)C(Cc1ccc(C(=N)N)cc1)c1cccc(F)c1)C1CCCCC1.Cl. The molecule has 13 heteroatoms. The highest BCUT2D eigenvalue weighted by Gasteiger charge is 2.35. The van der Waals surface area contributed by atoms with E-state index in [2.05, 4.69) is 15.6 Å². The third-order valence-corrected chi connectivity index (χ3v) is 7.81. The molecule has 3 atom stereocenters. The molecule has 2 aromatic carbocycles. The smallest absolute Gasteiger partial charge is 0.328 e. The zero-order valence-corrected chi connectivity index (χ0v) is 26.4. The van der Waals surface area contributed by atoms with Gasteiger partial charge in [0.1, 0.15) is 23.7 Å². The van der Waals surface area contributed by atoms with E-state index in [0.717, 1.165) is 37.7 Å². The number of nitrogens with two attached hydrogens (primary N) is 3. The van der Waals surface area contributed by atoms with E-state index in [1.54, 1.807) is 43.3 Å². The molecule has 3 rings (SSSR count). The van der Waals surface area contributed by atoms with Gasteiger partial charge in [0.2, 0.25) is 11.8 Å². The number of ether oxygens (including phenoxy) is 1. The van der Waals surface area contributed by atoms with Crippen LogP contribution in [0.5, 0.6) is 0 Å². The van der Waals surface area contributed by atoms with E-state index >= 15 is 0 Å². The average Bonchev–Trinajstić information content (AvgIpc) is 3.00. The van der Waals surface area contributed by atoms with Crippen molar-refractivity contribution in [1.29, 1.82) is 5.41 Å². The average molecular weight is 646 g/mol. The largest absolute Gasteiger partial charge is 0.464 e. The van der Waals surface area contributed by atoms with Crippen molar-refractivity contribution < 1.29 is 23.5 Å². The molecule has 11 nitrogen and oxygen atoms in total. The molecular formula is C32H45ClFN7O4. The number of carbonyl (C=O) groups excluding carboxylic acids is 3. The number of esters is 1. The van der Waals surface area contributed by atoms with E-state index in [1.807, 2.05) is 0 Å². The van der Waals surface area contributed by atoms with E-state index in [4.69, 9.17) is 27.3 Å². The third-order valence-electron chi connectivity index (χ3n) is 7.81. The highest BCUT2D eigenvalue weighted by molar-refractivity contribution is 5.95. The minimum Gasteiger partial charge on any atom is -0.464 e. The quantitative estimate of drug-likeness (QED) is 0.0740. The molecule has 1 unspecified atom stereocenters. The predicted molar refractivity (Wildman–Crippen MR) is 175 cm³/mol. The molecule has 9 N–H and O–H groups in total. The van der Waals surface area contributed by atoms with Crippen LogP contribution in [-0.4, -0.2) is 54.8 Å². The number of rotatable bonds is 15. The number of benzene rings is 2. The van der Waals surface area contributed by atoms with E-state index in [1.165, 1.54) is 12.1 Å². The number of nitrogens with zero attached hydrogens (tertiary/aromatic N) is 1. The predicted octanol–water partition coefficient (Wildman–Crippen LogP) is 3.02. The maximum absolute atomic E-state index is 14.3. The number of aliphatic imine (C=N–C) groups is 1. The fourth-order valence-corrected chi connectivity index (χ4v) is 5.52. The molecule has 246 valence electrons. The molecule has 0 spiro atoms. The number of halogens is 2. The Kier molecular flexibility index (Phi) is 15.3. The van der Waals surface area contributed by atoms with Crippen LogP contribution >= 0.6 is 12.4 Å². The van der Waals surface area contributed by atoms with Gasteiger partial charge in [0.25, 0.3) is 0 Å². The minimum absolute atomic E-state index is 0. The Bertz CT molecular complexity index is 1310. The number of carbonyl (C=O) groups is 3. The number of nitrogens with one attached hydrogen (secondary N) is 3. The van der Waals surface area contributed by atoms with Gasteiger partial charge in [0.15, 0.2) is 5.96 Å². The van der Waals surface area contributed by atoms with Crippen LogP contribution in [0.1, 0.15) is 74.5 Å². The molecule has 0 bridgehead atoms. The van der Waals surface area contributed by atoms with Gasteiger partial charge in [-0.1, -0.05) is 55.7 Å². The van der Waals surface area contributed by atoms with Crippen molar-refractivity contribution in [2.24, 2.45) is 28.1 Å². The molecule has 0 saturated heterocycles. The van der Waals surface area contributed by atoms with E-state index in [9.17, 15) is 18.8 Å².